The zero-order chi connectivity index (χ0) is 18.5. The number of phenolic OH excluding ortho intramolecular Hbond substituents is 1. The summed E-state index contributed by atoms with van der Waals surface area (Å²) in [5.74, 6) is 0.818. The van der Waals surface area contributed by atoms with Crippen molar-refractivity contribution >= 4 is 5.97 Å². The Bertz CT molecular complexity index is 496. The predicted octanol–water partition coefficient (Wildman–Crippen LogP) is 6.27. The van der Waals surface area contributed by atoms with Crippen molar-refractivity contribution in [3.8, 4) is 5.75 Å². The Morgan fingerprint density at radius 3 is 2.48 bits per heavy atom. The Hall–Kier alpha value is -1.51. The molecule has 0 bridgehead atoms. The molecular weight excluding hydrogens is 312 g/mol. The summed E-state index contributed by atoms with van der Waals surface area (Å²) in [6.45, 7) is 6.81. The number of esters is 1. The standard InChI is InChI=1S/C22H36O3/c1-4-5-17-25-21(23)16-11-9-7-6-8-10-13-18(2)20-15-12-14-19(3)22(20)24/h12,14-15,18,24H,4-11,13,16-17H2,1-3H3. The summed E-state index contributed by atoms with van der Waals surface area (Å²) in [7, 11) is 0. The molecule has 25 heavy (non-hydrogen) atoms. The molecule has 0 fully saturated rings. The van der Waals surface area contributed by atoms with Gasteiger partial charge in [-0.25, -0.2) is 0 Å². The number of unbranched alkanes of at least 4 members (excludes halogenated alkanes) is 6. The molecule has 0 heterocycles. The molecule has 1 atom stereocenters. The van der Waals surface area contributed by atoms with Crippen molar-refractivity contribution in [1.29, 1.82) is 0 Å². The number of aromatic hydroxyl groups is 1. The maximum atomic E-state index is 11.5. The van der Waals surface area contributed by atoms with Crippen LogP contribution in [0.5, 0.6) is 5.75 Å². The van der Waals surface area contributed by atoms with Gasteiger partial charge in [-0.3, -0.25) is 4.79 Å². The number of hydrogen-bond donors (Lipinski definition) is 1. The van der Waals surface area contributed by atoms with Crippen LogP contribution in [-0.4, -0.2) is 17.7 Å². The van der Waals surface area contributed by atoms with Crippen LogP contribution in [0.25, 0.3) is 0 Å². The Morgan fingerprint density at radius 2 is 1.76 bits per heavy atom. The molecule has 1 rings (SSSR count). The van der Waals surface area contributed by atoms with E-state index in [0.29, 0.717) is 24.7 Å². The maximum absolute atomic E-state index is 11.5. The smallest absolute Gasteiger partial charge is 0.305 e. The first-order valence-corrected chi connectivity index (χ1v) is 10.00. The summed E-state index contributed by atoms with van der Waals surface area (Å²) in [6.07, 6.45) is 10.6. The Labute approximate surface area is 153 Å². The lowest BCUT2D eigenvalue weighted by atomic mass is 9.92. The fourth-order valence-corrected chi connectivity index (χ4v) is 3.06. The van der Waals surface area contributed by atoms with E-state index in [2.05, 4.69) is 13.8 Å². The van der Waals surface area contributed by atoms with Crippen LogP contribution in [-0.2, 0) is 9.53 Å². The molecule has 0 radical (unpaired) electrons. The van der Waals surface area contributed by atoms with Gasteiger partial charge in [0.1, 0.15) is 5.75 Å². The van der Waals surface area contributed by atoms with E-state index in [1.54, 1.807) is 0 Å². The molecule has 0 aromatic heterocycles. The molecule has 1 aromatic rings. The van der Waals surface area contributed by atoms with Gasteiger partial charge in [0.05, 0.1) is 6.61 Å². The molecular formula is C22H36O3. The molecule has 1 unspecified atom stereocenters. The third-order valence-electron chi connectivity index (χ3n) is 4.83. The average molecular weight is 349 g/mol. The molecule has 0 spiro atoms. The molecule has 3 nitrogen and oxygen atoms in total. The molecule has 0 aliphatic carbocycles. The molecule has 0 aliphatic heterocycles. The van der Waals surface area contributed by atoms with Crippen molar-refractivity contribution in [2.45, 2.75) is 90.9 Å². The number of benzene rings is 1. The molecule has 0 amide bonds. The summed E-state index contributed by atoms with van der Waals surface area (Å²) in [6, 6.07) is 6.01. The number of rotatable bonds is 13. The van der Waals surface area contributed by atoms with Crippen LogP contribution in [0.3, 0.4) is 0 Å². The van der Waals surface area contributed by atoms with Gasteiger partial charge < -0.3 is 9.84 Å². The topological polar surface area (TPSA) is 46.5 Å². The summed E-state index contributed by atoms with van der Waals surface area (Å²) in [5, 5.41) is 10.1. The van der Waals surface area contributed by atoms with Crippen LogP contribution in [0.4, 0.5) is 0 Å². The second-order valence-corrected chi connectivity index (χ2v) is 7.15. The van der Waals surface area contributed by atoms with Gasteiger partial charge in [0, 0.05) is 6.42 Å². The molecule has 0 aliphatic rings. The van der Waals surface area contributed by atoms with Crippen molar-refractivity contribution in [2.75, 3.05) is 6.61 Å². The number of carbonyl (C=O) groups excluding carboxylic acids is 1. The number of ether oxygens (including phenoxy) is 1. The number of para-hydroxylation sites is 1. The highest BCUT2D eigenvalue weighted by Gasteiger charge is 2.11. The monoisotopic (exact) mass is 348 g/mol. The minimum Gasteiger partial charge on any atom is -0.507 e. The minimum absolute atomic E-state index is 0.0414. The second-order valence-electron chi connectivity index (χ2n) is 7.15. The van der Waals surface area contributed by atoms with Gasteiger partial charge in [-0.15, -0.1) is 0 Å². The summed E-state index contributed by atoms with van der Waals surface area (Å²) in [4.78, 5) is 11.5. The largest absolute Gasteiger partial charge is 0.507 e. The van der Waals surface area contributed by atoms with Crippen molar-refractivity contribution < 1.29 is 14.6 Å². The van der Waals surface area contributed by atoms with E-state index in [1.807, 2.05) is 25.1 Å². The van der Waals surface area contributed by atoms with Crippen LogP contribution >= 0.6 is 0 Å². The highest BCUT2D eigenvalue weighted by atomic mass is 16.5. The minimum atomic E-state index is -0.0414. The van der Waals surface area contributed by atoms with Gasteiger partial charge in [0.15, 0.2) is 0 Å². The summed E-state index contributed by atoms with van der Waals surface area (Å²) >= 11 is 0. The lowest BCUT2D eigenvalue weighted by Crippen LogP contribution is -2.05. The van der Waals surface area contributed by atoms with Crippen LogP contribution < -0.4 is 0 Å². The molecule has 1 N–H and O–H groups in total. The normalized spacial score (nSPS) is 12.1. The van der Waals surface area contributed by atoms with E-state index < -0.39 is 0 Å². The van der Waals surface area contributed by atoms with Gasteiger partial charge in [0.25, 0.3) is 0 Å². The van der Waals surface area contributed by atoms with Gasteiger partial charge in [-0.2, -0.15) is 0 Å². The van der Waals surface area contributed by atoms with Crippen molar-refractivity contribution in [1.82, 2.24) is 0 Å². The number of carbonyl (C=O) groups is 1. The molecule has 0 saturated carbocycles. The first-order chi connectivity index (χ1) is 12.1. The van der Waals surface area contributed by atoms with Gasteiger partial charge in [-0.1, -0.05) is 70.6 Å². The highest BCUT2D eigenvalue weighted by molar-refractivity contribution is 5.69. The van der Waals surface area contributed by atoms with Crippen molar-refractivity contribution in [3.05, 3.63) is 29.3 Å². The van der Waals surface area contributed by atoms with Crippen LogP contribution in [0.2, 0.25) is 0 Å². The van der Waals surface area contributed by atoms with Gasteiger partial charge in [-0.05, 0) is 43.2 Å². The lowest BCUT2D eigenvalue weighted by Gasteiger charge is -2.14. The van der Waals surface area contributed by atoms with Crippen molar-refractivity contribution in [2.24, 2.45) is 0 Å². The second kappa shape index (κ2) is 12.8. The van der Waals surface area contributed by atoms with Gasteiger partial charge >= 0.3 is 5.97 Å². The Morgan fingerprint density at radius 1 is 1.08 bits per heavy atom. The lowest BCUT2D eigenvalue weighted by molar-refractivity contribution is -0.143. The molecule has 3 heteroatoms. The Balaban J connectivity index is 2.03. The van der Waals surface area contributed by atoms with Crippen LogP contribution in [0.1, 0.15) is 95.1 Å². The molecule has 0 saturated heterocycles. The zero-order valence-electron chi connectivity index (χ0n) is 16.4. The fraction of sp³-hybridized carbons (Fsp3) is 0.682. The third-order valence-corrected chi connectivity index (χ3v) is 4.83. The van der Waals surface area contributed by atoms with Crippen LogP contribution in [0.15, 0.2) is 18.2 Å². The quantitative estimate of drug-likeness (QED) is 0.337. The number of hydrogen-bond acceptors (Lipinski definition) is 3. The zero-order valence-corrected chi connectivity index (χ0v) is 16.4. The van der Waals surface area contributed by atoms with Crippen LogP contribution in [0, 0.1) is 6.92 Å². The number of phenols is 1. The van der Waals surface area contributed by atoms with Gasteiger partial charge in [0.2, 0.25) is 0 Å². The van der Waals surface area contributed by atoms with E-state index in [4.69, 9.17) is 4.74 Å². The fourth-order valence-electron chi connectivity index (χ4n) is 3.06. The van der Waals surface area contributed by atoms with Crippen molar-refractivity contribution in [3.63, 3.8) is 0 Å². The van der Waals surface area contributed by atoms with E-state index in [9.17, 15) is 9.90 Å². The average Bonchev–Trinajstić information content (AvgIpc) is 2.59. The third kappa shape index (κ3) is 8.94. The number of aryl methyl sites for hydroxylation is 1. The van der Waals surface area contributed by atoms with E-state index in [1.165, 1.54) is 25.7 Å². The summed E-state index contributed by atoms with van der Waals surface area (Å²) in [5.41, 5.74) is 2.03. The SMILES string of the molecule is CCCCOC(=O)CCCCCCCCC(C)c1cccc(C)c1O. The van der Waals surface area contributed by atoms with E-state index in [0.717, 1.165) is 43.2 Å². The summed E-state index contributed by atoms with van der Waals surface area (Å²) < 4.78 is 5.15. The Kier molecular flexibility index (Phi) is 11.0. The van der Waals surface area contributed by atoms with E-state index >= 15 is 0 Å². The van der Waals surface area contributed by atoms with E-state index in [-0.39, 0.29) is 5.97 Å². The molecule has 1 aromatic carbocycles. The maximum Gasteiger partial charge on any atom is 0.305 e. The predicted molar refractivity (Wildman–Crippen MR) is 104 cm³/mol. The first kappa shape index (κ1) is 21.5. The first-order valence-electron chi connectivity index (χ1n) is 10.00. The molecule has 142 valence electrons. The highest BCUT2D eigenvalue weighted by Crippen LogP contribution is 2.31.